The lowest BCUT2D eigenvalue weighted by Crippen LogP contribution is -2.23. The zero-order chi connectivity index (χ0) is 13.7. The van der Waals surface area contributed by atoms with Gasteiger partial charge >= 0.3 is 0 Å². The average Bonchev–Trinajstić information content (AvgIpc) is 2.45. The van der Waals surface area contributed by atoms with Gasteiger partial charge in [0.2, 0.25) is 17.2 Å². The van der Waals surface area contributed by atoms with Crippen molar-refractivity contribution in [3.8, 4) is 0 Å². The first-order chi connectivity index (χ1) is 9.19. The molecule has 0 spiro atoms. The molecule has 2 heterocycles. The van der Waals surface area contributed by atoms with E-state index >= 15 is 0 Å². The lowest BCUT2D eigenvalue weighted by Gasteiger charge is -2.17. The first kappa shape index (κ1) is 13.5. The van der Waals surface area contributed by atoms with Gasteiger partial charge in [-0.2, -0.15) is 15.0 Å². The minimum Gasteiger partial charge on any atom is -0.357 e. The molecule has 0 radical (unpaired) electrons. The molecular formula is C12H15ClN6. The summed E-state index contributed by atoms with van der Waals surface area (Å²) in [5.74, 6) is 1.000. The third-order valence-corrected chi connectivity index (χ3v) is 2.76. The quantitative estimate of drug-likeness (QED) is 0.897. The van der Waals surface area contributed by atoms with E-state index in [-0.39, 0.29) is 5.28 Å². The fourth-order valence-corrected chi connectivity index (χ4v) is 1.71. The molecule has 0 aliphatic carbocycles. The van der Waals surface area contributed by atoms with Crippen molar-refractivity contribution >= 4 is 23.5 Å². The number of nitrogens with zero attached hydrogens (tertiary/aromatic N) is 5. The van der Waals surface area contributed by atoms with Crippen LogP contribution >= 0.6 is 11.6 Å². The maximum atomic E-state index is 5.85. The van der Waals surface area contributed by atoms with Gasteiger partial charge in [0.15, 0.2) is 0 Å². The average molecular weight is 279 g/mol. The lowest BCUT2D eigenvalue weighted by molar-refractivity contribution is 0.814. The summed E-state index contributed by atoms with van der Waals surface area (Å²) in [5, 5.41) is 3.03. The SMILES string of the molecule is CNc1nc(Cl)nc(N(C)CCc2ccccn2)n1. The van der Waals surface area contributed by atoms with Crippen molar-refractivity contribution in [2.45, 2.75) is 6.42 Å². The lowest BCUT2D eigenvalue weighted by atomic mass is 10.2. The van der Waals surface area contributed by atoms with Crippen molar-refractivity contribution in [1.29, 1.82) is 0 Å². The second-order valence-electron chi connectivity index (χ2n) is 3.97. The van der Waals surface area contributed by atoms with Crippen molar-refractivity contribution < 1.29 is 0 Å². The molecule has 6 nitrogen and oxygen atoms in total. The fourth-order valence-electron chi connectivity index (χ4n) is 1.55. The molecular weight excluding hydrogens is 264 g/mol. The standard InChI is InChI=1S/C12H15ClN6/c1-14-11-16-10(13)17-12(18-11)19(2)8-6-9-5-3-4-7-15-9/h3-5,7H,6,8H2,1-2H3,(H,14,16,17,18). The zero-order valence-electron chi connectivity index (χ0n) is 10.8. The molecule has 2 aromatic rings. The number of aromatic nitrogens is 4. The van der Waals surface area contributed by atoms with Crippen LogP contribution in [-0.2, 0) is 6.42 Å². The Balaban J connectivity index is 2.03. The van der Waals surface area contributed by atoms with Crippen LogP contribution in [0, 0.1) is 0 Å². The summed E-state index contributed by atoms with van der Waals surface area (Å²) < 4.78 is 0. The molecule has 0 aliphatic heterocycles. The van der Waals surface area contributed by atoms with Crippen LogP contribution in [0.2, 0.25) is 5.28 Å². The Hall–Kier alpha value is -1.95. The van der Waals surface area contributed by atoms with E-state index in [2.05, 4.69) is 25.3 Å². The van der Waals surface area contributed by atoms with E-state index in [1.165, 1.54) is 0 Å². The van der Waals surface area contributed by atoms with Crippen molar-refractivity contribution in [1.82, 2.24) is 19.9 Å². The highest BCUT2D eigenvalue weighted by atomic mass is 35.5. The van der Waals surface area contributed by atoms with Crippen LogP contribution in [0.5, 0.6) is 0 Å². The third-order valence-electron chi connectivity index (χ3n) is 2.59. The Morgan fingerprint density at radius 1 is 1.26 bits per heavy atom. The van der Waals surface area contributed by atoms with Gasteiger partial charge in [-0.25, -0.2) is 0 Å². The molecule has 1 N–H and O–H groups in total. The van der Waals surface area contributed by atoms with E-state index < -0.39 is 0 Å². The molecule has 2 rings (SSSR count). The molecule has 7 heteroatoms. The van der Waals surface area contributed by atoms with Crippen LogP contribution in [0.15, 0.2) is 24.4 Å². The second-order valence-corrected chi connectivity index (χ2v) is 4.31. The third kappa shape index (κ3) is 3.75. The molecule has 0 bridgehead atoms. The highest BCUT2D eigenvalue weighted by Crippen LogP contribution is 2.12. The normalized spacial score (nSPS) is 10.3. The van der Waals surface area contributed by atoms with Gasteiger partial charge in [0.25, 0.3) is 0 Å². The Labute approximate surface area is 116 Å². The van der Waals surface area contributed by atoms with E-state index in [1.807, 2.05) is 30.1 Å². The van der Waals surface area contributed by atoms with E-state index in [9.17, 15) is 0 Å². The summed E-state index contributed by atoms with van der Waals surface area (Å²) in [7, 11) is 3.65. The smallest absolute Gasteiger partial charge is 0.231 e. The number of nitrogens with one attached hydrogen (secondary N) is 1. The highest BCUT2D eigenvalue weighted by Gasteiger charge is 2.08. The van der Waals surface area contributed by atoms with Gasteiger partial charge in [-0.15, -0.1) is 0 Å². The summed E-state index contributed by atoms with van der Waals surface area (Å²) in [6.07, 6.45) is 2.60. The number of hydrogen-bond acceptors (Lipinski definition) is 6. The largest absolute Gasteiger partial charge is 0.357 e. The predicted molar refractivity (Wildman–Crippen MR) is 75.6 cm³/mol. The number of rotatable bonds is 5. The predicted octanol–water partition coefficient (Wildman–Crippen LogP) is 1.64. The first-order valence-electron chi connectivity index (χ1n) is 5.89. The van der Waals surface area contributed by atoms with Crippen LogP contribution in [-0.4, -0.2) is 40.6 Å². The number of anilines is 2. The summed E-state index contributed by atoms with van der Waals surface area (Å²) in [4.78, 5) is 18.5. The maximum Gasteiger partial charge on any atom is 0.231 e. The first-order valence-corrected chi connectivity index (χ1v) is 6.27. The van der Waals surface area contributed by atoms with Crippen LogP contribution < -0.4 is 10.2 Å². The topological polar surface area (TPSA) is 66.8 Å². The van der Waals surface area contributed by atoms with E-state index in [0.717, 1.165) is 18.7 Å². The molecule has 0 atom stereocenters. The van der Waals surface area contributed by atoms with Crippen LogP contribution in [0.3, 0.4) is 0 Å². The molecule has 0 aliphatic rings. The molecule has 0 unspecified atom stereocenters. The molecule has 0 fully saturated rings. The Kier molecular flexibility index (Phi) is 4.46. The number of hydrogen-bond donors (Lipinski definition) is 1. The van der Waals surface area contributed by atoms with Crippen molar-refractivity contribution in [3.63, 3.8) is 0 Å². The highest BCUT2D eigenvalue weighted by molar-refractivity contribution is 6.28. The van der Waals surface area contributed by atoms with Crippen LogP contribution in [0.4, 0.5) is 11.9 Å². The summed E-state index contributed by atoms with van der Waals surface area (Å²) in [6.45, 7) is 0.751. The van der Waals surface area contributed by atoms with E-state index in [1.54, 1.807) is 13.2 Å². The molecule has 0 saturated heterocycles. The minimum atomic E-state index is 0.180. The number of halogens is 1. The monoisotopic (exact) mass is 278 g/mol. The molecule has 0 amide bonds. The van der Waals surface area contributed by atoms with E-state index in [0.29, 0.717) is 11.9 Å². The molecule has 19 heavy (non-hydrogen) atoms. The van der Waals surface area contributed by atoms with Crippen LogP contribution in [0.25, 0.3) is 0 Å². The van der Waals surface area contributed by atoms with Gasteiger partial charge < -0.3 is 10.2 Å². The van der Waals surface area contributed by atoms with Gasteiger partial charge in [-0.3, -0.25) is 4.98 Å². The Morgan fingerprint density at radius 2 is 2.11 bits per heavy atom. The molecule has 2 aromatic heterocycles. The van der Waals surface area contributed by atoms with Crippen molar-refractivity contribution in [3.05, 3.63) is 35.4 Å². The minimum absolute atomic E-state index is 0.180. The summed E-state index contributed by atoms with van der Waals surface area (Å²) in [6, 6.07) is 5.87. The van der Waals surface area contributed by atoms with Gasteiger partial charge in [-0.1, -0.05) is 6.07 Å². The number of pyridine rings is 1. The Morgan fingerprint density at radius 3 is 2.79 bits per heavy atom. The van der Waals surface area contributed by atoms with Crippen molar-refractivity contribution in [2.24, 2.45) is 0 Å². The fraction of sp³-hybridized carbons (Fsp3) is 0.333. The Bertz CT molecular complexity index is 533. The molecule has 0 aromatic carbocycles. The van der Waals surface area contributed by atoms with Gasteiger partial charge in [0.05, 0.1) is 0 Å². The zero-order valence-corrected chi connectivity index (χ0v) is 11.6. The summed E-state index contributed by atoms with van der Waals surface area (Å²) in [5.41, 5.74) is 1.03. The second kappa shape index (κ2) is 6.29. The van der Waals surface area contributed by atoms with E-state index in [4.69, 9.17) is 11.6 Å². The van der Waals surface area contributed by atoms with Gasteiger partial charge in [-0.05, 0) is 23.7 Å². The van der Waals surface area contributed by atoms with Gasteiger partial charge in [0, 0.05) is 39.0 Å². The molecule has 0 saturated carbocycles. The summed E-state index contributed by atoms with van der Waals surface area (Å²) >= 11 is 5.85. The maximum absolute atomic E-state index is 5.85. The van der Waals surface area contributed by atoms with Gasteiger partial charge in [0.1, 0.15) is 0 Å². The van der Waals surface area contributed by atoms with Crippen LogP contribution in [0.1, 0.15) is 5.69 Å². The number of likely N-dealkylation sites (N-methyl/N-ethyl adjacent to an activating group) is 1. The van der Waals surface area contributed by atoms with Crippen molar-refractivity contribution in [2.75, 3.05) is 30.9 Å². The molecule has 100 valence electrons.